The highest BCUT2D eigenvalue weighted by Gasteiger charge is 2.31. The van der Waals surface area contributed by atoms with Gasteiger partial charge in [-0.05, 0) is 30.5 Å². The summed E-state index contributed by atoms with van der Waals surface area (Å²) < 4.78 is 7.53. The molecule has 2 aliphatic heterocycles. The van der Waals surface area contributed by atoms with Crippen LogP contribution in [-0.4, -0.2) is 42.1 Å². The number of carbonyl (C=O) groups is 1. The average molecular weight is 341 g/mol. The maximum absolute atomic E-state index is 12.4. The predicted molar refractivity (Wildman–Crippen MR) is 95.9 cm³/mol. The molecule has 3 heterocycles. The van der Waals surface area contributed by atoms with Crippen LogP contribution in [0.3, 0.4) is 0 Å². The van der Waals surface area contributed by atoms with Gasteiger partial charge in [0.05, 0.1) is 12.2 Å². The second kappa shape index (κ2) is 6.40. The predicted octanol–water partition coefficient (Wildman–Crippen LogP) is 2.06. The minimum atomic E-state index is -0.204. The van der Waals surface area contributed by atoms with Gasteiger partial charge in [0.15, 0.2) is 0 Å². The Morgan fingerprint density at radius 3 is 3.04 bits per heavy atom. The van der Waals surface area contributed by atoms with E-state index in [-0.39, 0.29) is 18.2 Å². The zero-order chi connectivity index (χ0) is 17.4. The summed E-state index contributed by atoms with van der Waals surface area (Å²) in [5.74, 6) is 0. The van der Waals surface area contributed by atoms with Gasteiger partial charge in [-0.3, -0.25) is 4.68 Å². The summed E-state index contributed by atoms with van der Waals surface area (Å²) in [6.45, 7) is 1.66. The SMILES string of the molecule is CN1CCc2ccc(NC(=O)N[C@H]3CCO[C@@H]3c3cnn(C)c3)cc21. The number of benzene rings is 1. The van der Waals surface area contributed by atoms with Gasteiger partial charge in [0.1, 0.15) is 6.10 Å². The fourth-order valence-electron chi connectivity index (χ4n) is 3.61. The minimum Gasteiger partial charge on any atom is -0.374 e. The number of carbonyl (C=O) groups excluding carboxylic acids is 1. The standard InChI is InChI=1S/C18H23N5O2/c1-22-7-5-12-3-4-14(9-16(12)22)20-18(24)21-15-6-8-25-17(15)13-10-19-23(2)11-13/h3-4,9-11,15,17H,5-8H2,1-2H3,(H2,20,21,24)/t15-,17+/m0/s1. The van der Waals surface area contributed by atoms with Gasteiger partial charge in [-0.2, -0.15) is 5.10 Å². The maximum Gasteiger partial charge on any atom is 0.319 e. The number of aryl methyl sites for hydroxylation is 1. The Morgan fingerprint density at radius 2 is 2.24 bits per heavy atom. The molecule has 1 aromatic carbocycles. The average Bonchev–Trinajstić information content (AvgIpc) is 3.29. The van der Waals surface area contributed by atoms with Crippen molar-refractivity contribution in [3.05, 3.63) is 41.7 Å². The van der Waals surface area contributed by atoms with Crippen LogP contribution in [0.2, 0.25) is 0 Å². The number of anilines is 2. The van der Waals surface area contributed by atoms with Gasteiger partial charge in [0.2, 0.25) is 0 Å². The number of hydrogen-bond acceptors (Lipinski definition) is 4. The Kier molecular flexibility index (Phi) is 4.09. The first-order valence-electron chi connectivity index (χ1n) is 8.62. The van der Waals surface area contributed by atoms with Crippen LogP contribution in [0, 0.1) is 0 Å². The molecule has 2 aromatic rings. The van der Waals surface area contributed by atoms with Gasteiger partial charge in [0, 0.05) is 50.4 Å². The Bertz CT molecular complexity index is 788. The van der Waals surface area contributed by atoms with E-state index in [9.17, 15) is 4.79 Å². The molecular formula is C18H23N5O2. The van der Waals surface area contributed by atoms with Crippen molar-refractivity contribution in [3.8, 4) is 0 Å². The first-order chi connectivity index (χ1) is 12.1. The number of nitrogens with one attached hydrogen (secondary N) is 2. The lowest BCUT2D eigenvalue weighted by molar-refractivity contribution is 0.100. The van der Waals surface area contributed by atoms with E-state index < -0.39 is 0 Å². The van der Waals surface area contributed by atoms with E-state index >= 15 is 0 Å². The van der Waals surface area contributed by atoms with E-state index in [1.165, 1.54) is 11.3 Å². The van der Waals surface area contributed by atoms with E-state index in [2.05, 4.69) is 33.7 Å². The van der Waals surface area contributed by atoms with Crippen LogP contribution in [0.4, 0.5) is 16.2 Å². The van der Waals surface area contributed by atoms with Crippen molar-refractivity contribution in [2.75, 3.05) is 30.4 Å². The van der Waals surface area contributed by atoms with Gasteiger partial charge in [0.25, 0.3) is 0 Å². The molecule has 7 heteroatoms. The quantitative estimate of drug-likeness (QED) is 0.896. The first-order valence-corrected chi connectivity index (χ1v) is 8.62. The third-order valence-corrected chi connectivity index (χ3v) is 4.93. The molecule has 2 aliphatic rings. The van der Waals surface area contributed by atoms with E-state index in [0.29, 0.717) is 6.61 Å². The first kappa shape index (κ1) is 16.0. The molecule has 0 bridgehead atoms. The molecule has 0 aliphatic carbocycles. The molecule has 7 nitrogen and oxygen atoms in total. The summed E-state index contributed by atoms with van der Waals surface area (Å²) in [7, 11) is 3.95. The zero-order valence-electron chi connectivity index (χ0n) is 14.5. The Hall–Kier alpha value is -2.54. The molecule has 0 unspecified atom stereocenters. The van der Waals surface area contributed by atoms with Gasteiger partial charge >= 0.3 is 6.03 Å². The monoisotopic (exact) mass is 341 g/mol. The van der Waals surface area contributed by atoms with Gasteiger partial charge in [-0.25, -0.2) is 4.79 Å². The van der Waals surface area contributed by atoms with Crippen LogP contribution in [0.25, 0.3) is 0 Å². The van der Waals surface area contributed by atoms with Crippen LogP contribution < -0.4 is 15.5 Å². The largest absolute Gasteiger partial charge is 0.374 e. The Morgan fingerprint density at radius 1 is 1.36 bits per heavy atom. The number of amides is 2. The molecule has 0 saturated carbocycles. The lowest BCUT2D eigenvalue weighted by atomic mass is 10.1. The fraction of sp³-hybridized carbons (Fsp3) is 0.444. The highest BCUT2D eigenvalue weighted by Crippen LogP contribution is 2.30. The van der Waals surface area contributed by atoms with E-state index in [1.807, 2.05) is 25.4 Å². The molecule has 1 aromatic heterocycles. The number of urea groups is 1. The van der Waals surface area contributed by atoms with Crippen LogP contribution in [0.5, 0.6) is 0 Å². The number of rotatable bonds is 3. The van der Waals surface area contributed by atoms with Crippen LogP contribution in [-0.2, 0) is 18.2 Å². The molecular weight excluding hydrogens is 318 g/mol. The summed E-state index contributed by atoms with van der Waals surface area (Å²) in [4.78, 5) is 14.6. The molecule has 25 heavy (non-hydrogen) atoms. The van der Waals surface area contributed by atoms with Crippen molar-refractivity contribution >= 4 is 17.4 Å². The Labute approximate surface area is 147 Å². The van der Waals surface area contributed by atoms with E-state index in [4.69, 9.17) is 4.74 Å². The van der Waals surface area contributed by atoms with Crippen molar-refractivity contribution in [2.45, 2.75) is 25.0 Å². The molecule has 0 radical (unpaired) electrons. The third kappa shape index (κ3) is 3.19. The molecule has 2 amide bonds. The fourth-order valence-corrected chi connectivity index (χ4v) is 3.61. The third-order valence-electron chi connectivity index (χ3n) is 4.93. The van der Waals surface area contributed by atoms with Crippen molar-refractivity contribution in [1.82, 2.24) is 15.1 Å². The molecule has 0 spiro atoms. The highest BCUT2D eigenvalue weighted by atomic mass is 16.5. The normalized spacial score (nSPS) is 22.1. The van der Waals surface area contributed by atoms with Crippen molar-refractivity contribution in [3.63, 3.8) is 0 Å². The highest BCUT2D eigenvalue weighted by molar-refractivity contribution is 5.90. The number of fused-ring (bicyclic) bond motifs is 1. The lowest BCUT2D eigenvalue weighted by Gasteiger charge is -2.19. The topological polar surface area (TPSA) is 71.4 Å². The molecule has 2 atom stereocenters. The lowest BCUT2D eigenvalue weighted by Crippen LogP contribution is -2.39. The maximum atomic E-state index is 12.4. The molecule has 4 rings (SSSR count). The summed E-state index contributed by atoms with van der Waals surface area (Å²) in [6, 6.07) is 5.82. The van der Waals surface area contributed by atoms with E-state index in [0.717, 1.165) is 30.6 Å². The Balaban J connectivity index is 1.41. The second-order valence-corrected chi connectivity index (χ2v) is 6.75. The number of ether oxygens (including phenoxy) is 1. The summed E-state index contributed by atoms with van der Waals surface area (Å²) >= 11 is 0. The summed E-state index contributed by atoms with van der Waals surface area (Å²) in [6.07, 6.45) is 5.42. The minimum absolute atomic E-state index is 0.0544. The van der Waals surface area contributed by atoms with Gasteiger partial charge in [-0.15, -0.1) is 0 Å². The number of likely N-dealkylation sites (N-methyl/N-ethyl adjacent to an activating group) is 1. The van der Waals surface area contributed by atoms with Gasteiger partial charge < -0.3 is 20.3 Å². The molecule has 132 valence electrons. The van der Waals surface area contributed by atoms with Crippen molar-refractivity contribution in [1.29, 1.82) is 0 Å². The van der Waals surface area contributed by atoms with Gasteiger partial charge in [-0.1, -0.05) is 6.07 Å². The second-order valence-electron chi connectivity index (χ2n) is 6.75. The van der Waals surface area contributed by atoms with Crippen molar-refractivity contribution in [2.24, 2.45) is 7.05 Å². The number of nitrogens with zero attached hydrogens (tertiary/aromatic N) is 3. The number of aromatic nitrogens is 2. The molecule has 2 N–H and O–H groups in total. The summed E-state index contributed by atoms with van der Waals surface area (Å²) in [5, 5.41) is 10.2. The van der Waals surface area contributed by atoms with Crippen LogP contribution >= 0.6 is 0 Å². The van der Waals surface area contributed by atoms with E-state index in [1.54, 1.807) is 10.9 Å². The zero-order valence-corrected chi connectivity index (χ0v) is 14.5. The molecule has 1 saturated heterocycles. The smallest absolute Gasteiger partial charge is 0.319 e. The number of hydrogen-bond donors (Lipinski definition) is 2. The molecule has 1 fully saturated rings. The van der Waals surface area contributed by atoms with Crippen LogP contribution in [0.15, 0.2) is 30.6 Å². The summed E-state index contributed by atoms with van der Waals surface area (Å²) in [5.41, 5.74) is 4.32. The van der Waals surface area contributed by atoms with Crippen LogP contribution in [0.1, 0.15) is 23.7 Å². The van der Waals surface area contributed by atoms with Crippen molar-refractivity contribution < 1.29 is 9.53 Å².